The molecule has 0 radical (unpaired) electrons. The lowest BCUT2D eigenvalue weighted by molar-refractivity contribution is -0.144. The van der Waals surface area contributed by atoms with Crippen LogP contribution in [0.1, 0.15) is 29.3 Å². The van der Waals surface area contributed by atoms with Gasteiger partial charge < -0.3 is 9.47 Å². The van der Waals surface area contributed by atoms with E-state index in [1.807, 2.05) is 6.07 Å². The molecule has 0 aliphatic carbocycles. The lowest BCUT2D eigenvalue weighted by Crippen LogP contribution is -2.17. The number of ketones is 1. The lowest BCUT2D eigenvalue weighted by Gasteiger charge is -2.09. The van der Waals surface area contributed by atoms with Gasteiger partial charge in [-0.1, -0.05) is 6.92 Å². The summed E-state index contributed by atoms with van der Waals surface area (Å²) in [6.45, 7) is 1.62. The van der Waals surface area contributed by atoms with Gasteiger partial charge in [0.1, 0.15) is 11.8 Å². The Morgan fingerprint density at radius 2 is 2.05 bits per heavy atom. The number of Topliss-reactive ketones (excluding diaryl/α,β-unsaturated/α-hetero) is 1. The zero-order valence-corrected chi connectivity index (χ0v) is 11.1. The highest BCUT2D eigenvalue weighted by Crippen LogP contribution is 2.20. The number of hydrogen-bond acceptors (Lipinski definition) is 5. The molecule has 0 saturated carbocycles. The largest absolute Gasteiger partial charge is 0.495 e. The van der Waals surface area contributed by atoms with Crippen molar-refractivity contribution in [2.75, 3.05) is 14.2 Å². The van der Waals surface area contributed by atoms with E-state index in [0.29, 0.717) is 16.9 Å². The summed E-state index contributed by atoms with van der Waals surface area (Å²) in [6, 6.07) is 6.56. The van der Waals surface area contributed by atoms with Crippen molar-refractivity contribution in [3.63, 3.8) is 0 Å². The minimum absolute atomic E-state index is 0.0455. The highest BCUT2D eigenvalue weighted by Gasteiger charge is 2.19. The van der Waals surface area contributed by atoms with Crippen LogP contribution in [0.4, 0.5) is 0 Å². The van der Waals surface area contributed by atoms with Crippen LogP contribution in [0.25, 0.3) is 0 Å². The zero-order chi connectivity index (χ0) is 14.4. The topological polar surface area (TPSA) is 76.4 Å². The summed E-state index contributed by atoms with van der Waals surface area (Å²) < 4.78 is 9.57. The molecular formula is C14H15NO4. The van der Waals surface area contributed by atoms with E-state index in [4.69, 9.17) is 10.00 Å². The lowest BCUT2D eigenvalue weighted by atomic mass is 9.98. The number of rotatable bonds is 5. The Labute approximate surface area is 111 Å². The second kappa shape index (κ2) is 6.55. The zero-order valence-electron chi connectivity index (χ0n) is 11.1. The van der Waals surface area contributed by atoms with Gasteiger partial charge in [0.25, 0.3) is 0 Å². The number of carbonyl (C=O) groups is 2. The fourth-order valence-corrected chi connectivity index (χ4v) is 1.65. The van der Waals surface area contributed by atoms with Gasteiger partial charge in [0.05, 0.1) is 25.7 Å². The summed E-state index contributed by atoms with van der Waals surface area (Å²) in [7, 11) is 2.74. The van der Waals surface area contributed by atoms with Gasteiger partial charge in [-0.25, -0.2) is 0 Å². The van der Waals surface area contributed by atoms with Crippen LogP contribution in [0.3, 0.4) is 0 Å². The molecule has 5 nitrogen and oxygen atoms in total. The monoisotopic (exact) mass is 261 g/mol. The third kappa shape index (κ3) is 3.55. The molecule has 0 fully saturated rings. The van der Waals surface area contributed by atoms with E-state index in [1.54, 1.807) is 19.1 Å². The standard InChI is InChI=1S/C14H15NO4/c1-9(14(17)19-3)6-12(16)10-4-5-13(18-2)11(7-10)8-15/h4-5,7,9H,6H2,1-3H3. The Morgan fingerprint density at radius 1 is 1.37 bits per heavy atom. The Hall–Kier alpha value is -2.35. The molecule has 0 N–H and O–H groups in total. The maximum absolute atomic E-state index is 12.0. The van der Waals surface area contributed by atoms with Gasteiger partial charge in [-0.15, -0.1) is 0 Å². The average molecular weight is 261 g/mol. The molecule has 0 spiro atoms. The van der Waals surface area contributed by atoms with Crippen molar-refractivity contribution in [2.45, 2.75) is 13.3 Å². The molecule has 5 heteroatoms. The second-order valence-electron chi connectivity index (χ2n) is 4.08. The minimum Gasteiger partial charge on any atom is -0.495 e. The SMILES string of the molecule is COC(=O)C(C)CC(=O)c1ccc(OC)c(C#N)c1. The van der Waals surface area contributed by atoms with Crippen molar-refractivity contribution in [1.82, 2.24) is 0 Å². The van der Waals surface area contributed by atoms with E-state index in [-0.39, 0.29) is 12.2 Å². The first-order valence-electron chi connectivity index (χ1n) is 5.72. The smallest absolute Gasteiger partial charge is 0.308 e. The normalized spacial score (nSPS) is 11.3. The van der Waals surface area contributed by atoms with Gasteiger partial charge in [0.2, 0.25) is 0 Å². The summed E-state index contributed by atoms with van der Waals surface area (Å²) in [6.07, 6.45) is 0.0455. The van der Waals surface area contributed by atoms with E-state index in [1.165, 1.54) is 20.3 Å². The molecule has 0 saturated heterocycles. The Bertz CT molecular complexity index is 531. The predicted molar refractivity (Wildman–Crippen MR) is 67.8 cm³/mol. The first-order chi connectivity index (χ1) is 9.03. The third-order valence-corrected chi connectivity index (χ3v) is 2.74. The number of ether oxygens (including phenoxy) is 2. The Morgan fingerprint density at radius 3 is 2.58 bits per heavy atom. The van der Waals surface area contributed by atoms with Crippen LogP contribution in [0.15, 0.2) is 18.2 Å². The molecule has 0 bridgehead atoms. The fraction of sp³-hybridized carbons (Fsp3) is 0.357. The fourth-order valence-electron chi connectivity index (χ4n) is 1.65. The summed E-state index contributed by atoms with van der Waals surface area (Å²) in [4.78, 5) is 23.2. The molecule has 1 atom stereocenters. The summed E-state index contributed by atoms with van der Waals surface area (Å²) >= 11 is 0. The first kappa shape index (κ1) is 14.7. The quantitative estimate of drug-likeness (QED) is 0.598. The summed E-state index contributed by atoms with van der Waals surface area (Å²) in [5.74, 6) is -0.732. The van der Waals surface area contributed by atoms with E-state index in [2.05, 4.69) is 4.74 Å². The van der Waals surface area contributed by atoms with Crippen LogP contribution in [-0.4, -0.2) is 26.0 Å². The van der Waals surface area contributed by atoms with Crippen LogP contribution in [-0.2, 0) is 9.53 Å². The molecule has 0 aliphatic rings. The molecule has 1 aromatic rings. The van der Waals surface area contributed by atoms with Gasteiger partial charge in [-0.05, 0) is 18.2 Å². The van der Waals surface area contributed by atoms with E-state index < -0.39 is 11.9 Å². The maximum atomic E-state index is 12.0. The van der Waals surface area contributed by atoms with Gasteiger partial charge in [0.15, 0.2) is 5.78 Å². The number of esters is 1. The van der Waals surface area contributed by atoms with Crippen LogP contribution in [0, 0.1) is 17.2 Å². The van der Waals surface area contributed by atoms with Gasteiger partial charge in [0, 0.05) is 12.0 Å². The van der Waals surface area contributed by atoms with Crippen molar-refractivity contribution in [3.05, 3.63) is 29.3 Å². The molecular weight excluding hydrogens is 246 g/mol. The van der Waals surface area contributed by atoms with Gasteiger partial charge in [-0.2, -0.15) is 5.26 Å². The van der Waals surface area contributed by atoms with Crippen molar-refractivity contribution in [1.29, 1.82) is 5.26 Å². The maximum Gasteiger partial charge on any atom is 0.308 e. The molecule has 1 aromatic carbocycles. The highest BCUT2D eigenvalue weighted by molar-refractivity contribution is 5.98. The number of benzene rings is 1. The second-order valence-corrected chi connectivity index (χ2v) is 4.08. The predicted octanol–water partition coefficient (Wildman–Crippen LogP) is 1.95. The number of nitriles is 1. The van der Waals surface area contributed by atoms with E-state index >= 15 is 0 Å². The molecule has 1 rings (SSSR count). The van der Waals surface area contributed by atoms with Crippen molar-refractivity contribution >= 4 is 11.8 Å². The number of nitrogens with zero attached hydrogens (tertiary/aromatic N) is 1. The molecule has 100 valence electrons. The van der Waals surface area contributed by atoms with Crippen molar-refractivity contribution in [3.8, 4) is 11.8 Å². The molecule has 1 unspecified atom stereocenters. The average Bonchev–Trinajstić information content (AvgIpc) is 2.45. The van der Waals surface area contributed by atoms with Gasteiger partial charge in [-0.3, -0.25) is 9.59 Å². The number of carbonyl (C=O) groups excluding carboxylic acids is 2. The molecule has 0 amide bonds. The first-order valence-corrected chi connectivity index (χ1v) is 5.72. The van der Waals surface area contributed by atoms with E-state index in [0.717, 1.165) is 0 Å². The van der Waals surface area contributed by atoms with Crippen LogP contribution < -0.4 is 4.74 Å². The Kier molecular flexibility index (Phi) is 5.07. The molecule has 0 aromatic heterocycles. The molecule has 0 heterocycles. The van der Waals surface area contributed by atoms with Crippen LogP contribution in [0.2, 0.25) is 0 Å². The summed E-state index contributed by atoms with van der Waals surface area (Å²) in [5, 5.41) is 8.95. The third-order valence-electron chi connectivity index (χ3n) is 2.74. The Balaban J connectivity index is 2.89. The highest BCUT2D eigenvalue weighted by atomic mass is 16.5. The summed E-state index contributed by atoms with van der Waals surface area (Å²) in [5.41, 5.74) is 0.673. The van der Waals surface area contributed by atoms with Crippen molar-refractivity contribution < 1.29 is 19.1 Å². The number of hydrogen-bond donors (Lipinski definition) is 0. The van der Waals surface area contributed by atoms with Crippen LogP contribution in [0.5, 0.6) is 5.75 Å². The van der Waals surface area contributed by atoms with Crippen LogP contribution >= 0.6 is 0 Å². The van der Waals surface area contributed by atoms with Crippen molar-refractivity contribution in [2.24, 2.45) is 5.92 Å². The molecule has 0 aliphatic heterocycles. The van der Waals surface area contributed by atoms with Gasteiger partial charge >= 0.3 is 5.97 Å². The van der Waals surface area contributed by atoms with E-state index in [9.17, 15) is 9.59 Å². The minimum atomic E-state index is -0.509. The number of methoxy groups -OCH3 is 2. The molecule has 19 heavy (non-hydrogen) atoms.